The van der Waals surface area contributed by atoms with E-state index >= 15 is 0 Å². The molecule has 0 spiro atoms. The summed E-state index contributed by atoms with van der Waals surface area (Å²) in [6, 6.07) is 17.7. The van der Waals surface area contributed by atoms with Crippen LogP contribution in [0.5, 0.6) is 23.0 Å². The minimum atomic E-state index is -0.411. The van der Waals surface area contributed by atoms with Crippen molar-refractivity contribution in [2.75, 3.05) is 14.2 Å². The molecule has 2 N–H and O–H groups in total. The van der Waals surface area contributed by atoms with Crippen LogP contribution in [-0.2, 0) is 0 Å². The van der Waals surface area contributed by atoms with Gasteiger partial charge in [0.05, 0.1) is 31.3 Å². The molecule has 7 heteroatoms. The molecule has 4 aromatic rings. The fraction of sp³-hybridized carbons (Fsp3) is 0.133. The van der Waals surface area contributed by atoms with Crippen LogP contribution in [0.15, 0.2) is 65.5 Å². The van der Waals surface area contributed by atoms with Gasteiger partial charge in [-0.3, -0.25) is 4.57 Å². The largest absolute Gasteiger partial charge is 0.504 e. The molecule has 3 aromatic carbocycles. The van der Waals surface area contributed by atoms with E-state index in [2.05, 4.69) is 4.98 Å². The molecule has 188 valence electrons. The number of rotatable bonds is 7. The Bertz CT molecular complexity index is 1550. The number of hydrogen-bond acceptors (Lipinski definition) is 6. The second-order valence-electron chi connectivity index (χ2n) is 8.49. The third-order valence-electron chi connectivity index (χ3n) is 5.93. The number of phenolic OH excluding ortho intramolecular Hbond substituents is 2. The number of aromatic nitrogens is 2. The Hall–Kier alpha value is -4.78. The number of ether oxygens (including phenoxy) is 2. The van der Waals surface area contributed by atoms with Crippen LogP contribution >= 0.6 is 0 Å². The van der Waals surface area contributed by atoms with Gasteiger partial charge in [-0.1, -0.05) is 42.5 Å². The number of aromatic hydroxyl groups is 2. The quantitative estimate of drug-likeness (QED) is 0.345. The minimum absolute atomic E-state index is 0.0484. The first kappa shape index (κ1) is 25.3. The molecule has 0 saturated carbocycles. The molecule has 1 heterocycles. The predicted molar refractivity (Wildman–Crippen MR) is 146 cm³/mol. The maximum atomic E-state index is 13.4. The summed E-state index contributed by atoms with van der Waals surface area (Å²) >= 11 is 0. The second-order valence-corrected chi connectivity index (χ2v) is 8.49. The lowest BCUT2D eigenvalue weighted by atomic mass is 10.1. The van der Waals surface area contributed by atoms with E-state index in [-0.39, 0.29) is 11.5 Å². The van der Waals surface area contributed by atoms with Crippen LogP contribution in [0.25, 0.3) is 30.0 Å². The molecule has 0 fully saturated rings. The summed E-state index contributed by atoms with van der Waals surface area (Å²) in [5.41, 5.74) is 4.94. The first-order chi connectivity index (χ1) is 17.8. The summed E-state index contributed by atoms with van der Waals surface area (Å²) in [6.45, 7) is 3.91. The summed E-state index contributed by atoms with van der Waals surface area (Å²) in [7, 11) is 2.98. The first-order valence-electron chi connectivity index (χ1n) is 11.6. The van der Waals surface area contributed by atoms with E-state index in [4.69, 9.17) is 9.47 Å². The molecule has 0 aliphatic heterocycles. The zero-order chi connectivity index (χ0) is 26.5. The van der Waals surface area contributed by atoms with Crippen LogP contribution in [-0.4, -0.2) is 34.0 Å². The molecule has 0 aliphatic rings. The number of hydrogen-bond donors (Lipinski definition) is 2. The van der Waals surface area contributed by atoms with Gasteiger partial charge in [0.15, 0.2) is 23.0 Å². The van der Waals surface area contributed by atoms with E-state index in [1.165, 1.54) is 14.2 Å². The lowest BCUT2D eigenvalue weighted by Gasteiger charge is -2.15. The highest BCUT2D eigenvalue weighted by molar-refractivity contribution is 5.74. The molecule has 1 aromatic heterocycles. The zero-order valence-corrected chi connectivity index (χ0v) is 21.1. The summed E-state index contributed by atoms with van der Waals surface area (Å²) in [5.74, 6) is 0.812. The lowest BCUT2D eigenvalue weighted by molar-refractivity contribution is 0.373. The van der Waals surface area contributed by atoms with E-state index < -0.39 is 5.69 Å². The van der Waals surface area contributed by atoms with Gasteiger partial charge in [0, 0.05) is 0 Å². The molecular formula is C30H28N2O5. The Morgan fingerprint density at radius 2 is 1.30 bits per heavy atom. The highest BCUT2D eigenvalue weighted by atomic mass is 16.5. The summed E-state index contributed by atoms with van der Waals surface area (Å²) < 4.78 is 12.0. The Labute approximate surface area is 215 Å². The average molecular weight is 497 g/mol. The van der Waals surface area contributed by atoms with Crippen molar-refractivity contribution in [1.82, 2.24) is 9.55 Å². The second kappa shape index (κ2) is 10.9. The van der Waals surface area contributed by atoms with E-state index in [9.17, 15) is 15.0 Å². The van der Waals surface area contributed by atoms with Gasteiger partial charge in [-0.05, 0) is 78.6 Å². The van der Waals surface area contributed by atoms with Crippen molar-refractivity contribution >= 4 is 24.3 Å². The van der Waals surface area contributed by atoms with Crippen molar-refractivity contribution in [3.63, 3.8) is 0 Å². The molecule has 0 aliphatic carbocycles. The van der Waals surface area contributed by atoms with Crippen LogP contribution in [0.3, 0.4) is 0 Å². The van der Waals surface area contributed by atoms with Crippen molar-refractivity contribution < 1.29 is 19.7 Å². The normalized spacial score (nSPS) is 11.4. The van der Waals surface area contributed by atoms with Gasteiger partial charge in [-0.25, -0.2) is 4.79 Å². The SMILES string of the molecule is COc1cc(/C=C/c2cc(/C=C/c3ccc(O)c(OC)c3)n(-c3c(C)cccc3C)c(=O)n2)ccc1O. The average Bonchev–Trinajstić information content (AvgIpc) is 2.88. The Morgan fingerprint density at radius 3 is 1.84 bits per heavy atom. The topological polar surface area (TPSA) is 93.8 Å². The molecule has 0 bridgehead atoms. The smallest absolute Gasteiger partial charge is 0.353 e. The van der Waals surface area contributed by atoms with Crippen molar-refractivity contribution in [3.05, 3.63) is 105 Å². The highest BCUT2D eigenvalue weighted by Crippen LogP contribution is 2.28. The van der Waals surface area contributed by atoms with Crippen molar-refractivity contribution in [2.24, 2.45) is 0 Å². The van der Waals surface area contributed by atoms with E-state index in [1.807, 2.05) is 50.3 Å². The standard InChI is InChI=1S/C30H28N2O5/c1-19-6-5-7-20(2)29(19)32-24(13-9-22-11-15-26(34)28(17-22)37-4)18-23(31-30(32)35)12-8-21-10-14-25(33)27(16-21)36-3/h5-18,33-34H,1-4H3/b12-8+,13-9+. The summed E-state index contributed by atoms with van der Waals surface area (Å²) in [4.78, 5) is 17.7. The maximum Gasteiger partial charge on any atom is 0.353 e. The fourth-order valence-corrected chi connectivity index (χ4v) is 4.07. The fourth-order valence-electron chi connectivity index (χ4n) is 4.07. The van der Waals surface area contributed by atoms with E-state index in [1.54, 1.807) is 53.1 Å². The van der Waals surface area contributed by atoms with Gasteiger partial charge in [0.1, 0.15) is 0 Å². The number of methoxy groups -OCH3 is 2. The van der Waals surface area contributed by atoms with Crippen LogP contribution in [0.1, 0.15) is 33.6 Å². The Morgan fingerprint density at radius 1 is 0.757 bits per heavy atom. The van der Waals surface area contributed by atoms with E-state index in [0.29, 0.717) is 22.9 Å². The van der Waals surface area contributed by atoms with Gasteiger partial charge in [-0.15, -0.1) is 0 Å². The van der Waals surface area contributed by atoms with Crippen LogP contribution in [0.2, 0.25) is 0 Å². The van der Waals surface area contributed by atoms with Crippen molar-refractivity contribution in [3.8, 4) is 28.7 Å². The Kier molecular flexibility index (Phi) is 7.44. The van der Waals surface area contributed by atoms with Crippen LogP contribution in [0.4, 0.5) is 0 Å². The molecule has 4 rings (SSSR count). The van der Waals surface area contributed by atoms with Gasteiger partial charge in [0.25, 0.3) is 0 Å². The number of benzene rings is 3. The number of nitrogens with zero attached hydrogens (tertiary/aromatic N) is 2. The number of aryl methyl sites for hydroxylation is 2. The zero-order valence-electron chi connectivity index (χ0n) is 21.1. The summed E-state index contributed by atoms with van der Waals surface area (Å²) in [5, 5.41) is 19.8. The highest BCUT2D eigenvalue weighted by Gasteiger charge is 2.13. The molecular weight excluding hydrogens is 468 g/mol. The molecule has 0 amide bonds. The minimum Gasteiger partial charge on any atom is -0.504 e. The van der Waals surface area contributed by atoms with E-state index in [0.717, 1.165) is 27.9 Å². The van der Waals surface area contributed by atoms with Gasteiger partial charge < -0.3 is 19.7 Å². The molecule has 37 heavy (non-hydrogen) atoms. The molecule has 0 atom stereocenters. The Balaban J connectivity index is 1.83. The molecule has 7 nitrogen and oxygen atoms in total. The third-order valence-corrected chi connectivity index (χ3v) is 5.93. The first-order valence-corrected chi connectivity index (χ1v) is 11.6. The number of para-hydroxylation sites is 1. The predicted octanol–water partition coefficient (Wildman–Crippen LogP) is 5.62. The molecule has 0 saturated heterocycles. The van der Waals surface area contributed by atoms with Gasteiger partial charge >= 0.3 is 5.69 Å². The third kappa shape index (κ3) is 5.56. The van der Waals surface area contributed by atoms with Crippen LogP contribution in [0, 0.1) is 13.8 Å². The van der Waals surface area contributed by atoms with Crippen molar-refractivity contribution in [2.45, 2.75) is 13.8 Å². The lowest BCUT2D eigenvalue weighted by Crippen LogP contribution is -2.25. The summed E-state index contributed by atoms with van der Waals surface area (Å²) in [6.07, 6.45) is 7.22. The van der Waals surface area contributed by atoms with Crippen molar-refractivity contribution in [1.29, 1.82) is 0 Å². The maximum absolute atomic E-state index is 13.4. The number of phenols is 2. The van der Waals surface area contributed by atoms with Gasteiger partial charge in [0.2, 0.25) is 0 Å². The monoisotopic (exact) mass is 496 g/mol. The molecule has 0 radical (unpaired) electrons. The van der Waals surface area contributed by atoms with Gasteiger partial charge in [-0.2, -0.15) is 4.98 Å². The molecule has 0 unspecified atom stereocenters. The van der Waals surface area contributed by atoms with Crippen LogP contribution < -0.4 is 15.2 Å².